The summed E-state index contributed by atoms with van der Waals surface area (Å²) < 4.78 is 31.8. The zero-order valence-electron chi connectivity index (χ0n) is 11.4. The fourth-order valence-electron chi connectivity index (χ4n) is 2.64. The second-order valence-electron chi connectivity index (χ2n) is 5.49. The van der Waals surface area contributed by atoms with Crippen molar-refractivity contribution in [2.75, 3.05) is 6.61 Å². The molecule has 21 heavy (non-hydrogen) atoms. The summed E-state index contributed by atoms with van der Waals surface area (Å²) in [4.78, 5) is 25.0. The molecule has 9 heteroatoms. The molecule has 0 spiro atoms. The number of alkyl halides is 1. The molecule has 0 aromatic carbocycles. The highest BCUT2D eigenvalue weighted by atomic mass is 19.2. The van der Waals surface area contributed by atoms with Crippen LogP contribution in [0.15, 0.2) is 21.9 Å². The molecule has 1 aromatic heterocycles. The second-order valence-corrected chi connectivity index (χ2v) is 5.49. The Labute approximate surface area is 118 Å². The lowest BCUT2D eigenvalue weighted by Gasteiger charge is -2.27. The van der Waals surface area contributed by atoms with Gasteiger partial charge in [0.15, 0.2) is 18.1 Å². The van der Waals surface area contributed by atoms with E-state index in [1.165, 1.54) is 6.20 Å². The Morgan fingerprint density at radius 3 is 2.71 bits per heavy atom. The van der Waals surface area contributed by atoms with Crippen molar-refractivity contribution >= 4 is 0 Å². The highest BCUT2D eigenvalue weighted by molar-refractivity contribution is 5.02. The number of halogens is 1. The zero-order chi connectivity index (χ0) is 15.4. The molecule has 116 valence electrons. The largest absolute Gasteiger partial charge is 0.390 e. The Morgan fingerprint density at radius 1 is 1.38 bits per heavy atom. The fourth-order valence-corrected chi connectivity index (χ4v) is 2.64. The van der Waals surface area contributed by atoms with Crippen LogP contribution < -0.4 is 11.2 Å². The number of rotatable bonds is 2. The number of nitrogens with zero attached hydrogens (tertiary/aromatic N) is 1. The van der Waals surface area contributed by atoms with Gasteiger partial charge in [-0.3, -0.25) is 14.3 Å². The summed E-state index contributed by atoms with van der Waals surface area (Å²) in [5.41, 5.74) is -1.34. The van der Waals surface area contributed by atoms with Crippen molar-refractivity contribution < 1.29 is 23.7 Å². The number of hydrogen-bond acceptors (Lipinski definition) is 6. The maximum absolute atomic E-state index is 14.6. The molecule has 0 unspecified atom stereocenters. The molecule has 2 fully saturated rings. The van der Waals surface area contributed by atoms with E-state index in [-0.39, 0.29) is 0 Å². The topological polar surface area (TPSA) is 103 Å². The lowest BCUT2D eigenvalue weighted by atomic mass is 10.1. The van der Waals surface area contributed by atoms with Crippen LogP contribution in [0.2, 0.25) is 0 Å². The van der Waals surface area contributed by atoms with Crippen LogP contribution in [0.4, 0.5) is 4.39 Å². The third kappa shape index (κ3) is 2.22. The molecule has 2 N–H and O–H groups in total. The summed E-state index contributed by atoms with van der Waals surface area (Å²) in [7, 11) is 0. The number of aromatic nitrogens is 2. The van der Waals surface area contributed by atoms with Gasteiger partial charge in [0.05, 0.1) is 0 Å². The maximum atomic E-state index is 14.6. The molecule has 0 radical (unpaired) electrons. The van der Waals surface area contributed by atoms with Gasteiger partial charge < -0.3 is 19.3 Å². The number of aliphatic hydroxyl groups is 1. The molecule has 2 aliphatic rings. The van der Waals surface area contributed by atoms with Crippen LogP contribution in [0.25, 0.3) is 0 Å². The van der Waals surface area contributed by atoms with Crippen LogP contribution in [-0.4, -0.2) is 45.1 Å². The van der Waals surface area contributed by atoms with Crippen LogP contribution in [0, 0.1) is 0 Å². The van der Waals surface area contributed by atoms with E-state index in [2.05, 4.69) is 4.98 Å². The molecule has 3 rings (SSSR count). The number of hydrogen-bond donors (Lipinski definition) is 2. The average Bonchev–Trinajstić information content (AvgIpc) is 2.84. The molecule has 2 saturated heterocycles. The van der Waals surface area contributed by atoms with Crippen LogP contribution in [0.1, 0.15) is 20.1 Å². The first kappa shape index (κ1) is 14.4. The Morgan fingerprint density at radius 2 is 2.10 bits per heavy atom. The number of fused-ring (bicyclic) bond motifs is 1. The third-order valence-corrected chi connectivity index (χ3v) is 3.49. The summed E-state index contributed by atoms with van der Waals surface area (Å²) in [6, 6.07) is 1.11. The van der Waals surface area contributed by atoms with Gasteiger partial charge in [0, 0.05) is 12.3 Å². The van der Waals surface area contributed by atoms with Gasteiger partial charge in [-0.15, -0.1) is 0 Å². The van der Waals surface area contributed by atoms with E-state index >= 15 is 0 Å². The molecule has 3 heterocycles. The fraction of sp³-hybridized carbons (Fsp3) is 0.667. The summed E-state index contributed by atoms with van der Waals surface area (Å²) in [5, 5.41) is 9.24. The molecular formula is C12H15FN2O6. The summed E-state index contributed by atoms with van der Waals surface area (Å²) in [6.45, 7) is 2.24. The molecule has 0 aliphatic carbocycles. The minimum Gasteiger partial charge on any atom is -0.390 e. The second kappa shape index (κ2) is 4.47. The Kier molecular flexibility index (Phi) is 3.06. The van der Waals surface area contributed by atoms with Crippen LogP contribution in [0.3, 0.4) is 0 Å². The van der Waals surface area contributed by atoms with Crippen LogP contribution in [0.5, 0.6) is 0 Å². The highest BCUT2D eigenvalue weighted by Gasteiger charge is 2.64. The van der Waals surface area contributed by atoms with Crippen LogP contribution >= 0.6 is 0 Å². The van der Waals surface area contributed by atoms with Gasteiger partial charge in [-0.2, -0.15) is 0 Å². The first-order valence-electron chi connectivity index (χ1n) is 6.40. The lowest BCUT2D eigenvalue weighted by Crippen LogP contribution is -2.42. The minimum atomic E-state index is -2.49. The standard InChI is InChI=1S/C12H15FN2O6/c1-11(2)19-7-8(20-11)12(13,5-16)21-9(7)15-4-3-6(17)14-10(15)18/h3-4,7-9,16H,5H2,1-2H3,(H,14,17,18)/t7-,8+,9+,12+/m0/s1. The van der Waals surface area contributed by atoms with E-state index in [0.29, 0.717) is 0 Å². The first-order chi connectivity index (χ1) is 9.76. The van der Waals surface area contributed by atoms with E-state index < -0.39 is 47.9 Å². The molecule has 4 atom stereocenters. The predicted octanol–water partition coefficient (Wildman–Crippen LogP) is -0.756. The van der Waals surface area contributed by atoms with Crippen molar-refractivity contribution in [2.24, 2.45) is 0 Å². The SMILES string of the molecule is CC1(C)O[C@@H]2[C@H](n3ccc(=O)[nH]c3=O)O[C@](F)(CO)[C@@H]2O1. The molecule has 1 aromatic rings. The molecule has 8 nitrogen and oxygen atoms in total. The average molecular weight is 302 g/mol. The van der Waals surface area contributed by atoms with Gasteiger partial charge in [-0.1, -0.05) is 0 Å². The van der Waals surface area contributed by atoms with Crippen molar-refractivity contribution in [2.45, 2.75) is 43.9 Å². The molecule has 0 saturated carbocycles. The monoisotopic (exact) mass is 302 g/mol. The smallest absolute Gasteiger partial charge is 0.330 e. The van der Waals surface area contributed by atoms with Crippen LogP contribution in [-0.2, 0) is 14.2 Å². The third-order valence-electron chi connectivity index (χ3n) is 3.49. The lowest BCUT2D eigenvalue weighted by molar-refractivity contribution is -0.265. The molecular weight excluding hydrogens is 287 g/mol. The van der Waals surface area contributed by atoms with Gasteiger partial charge in [0.25, 0.3) is 11.4 Å². The number of nitrogens with one attached hydrogen (secondary N) is 1. The van der Waals surface area contributed by atoms with E-state index in [4.69, 9.17) is 14.2 Å². The van der Waals surface area contributed by atoms with E-state index in [1.54, 1.807) is 13.8 Å². The summed E-state index contributed by atoms with van der Waals surface area (Å²) in [6.07, 6.45) is -2.08. The Hall–Kier alpha value is -1.55. The number of aliphatic hydroxyl groups excluding tert-OH is 1. The normalized spacial score (nSPS) is 37.6. The Balaban J connectivity index is 2.04. The molecule has 0 amide bonds. The van der Waals surface area contributed by atoms with Crippen molar-refractivity contribution in [1.82, 2.24) is 9.55 Å². The minimum absolute atomic E-state index is 0.580. The zero-order valence-corrected chi connectivity index (χ0v) is 11.4. The number of aromatic amines is 1. The van der Waals surface area contributed by atoms with E-state index in [9.17, 15) is 19.1 Å². The van der Waals surface area contributed by atoms with Gasteiger partial charge in [0.2, 0.25) is 0 Å². The van der Waals surface area contributed by atoms with E-state index in [1.807, 2.05) is 0 Å². The Bertz CT molecular complexity index is 670. The van der Waals surface area contributed by atoms with Crippen molar-refractivity contribution in [1.29, 1.82) is 0 Å². The quantitative estimate of drug-likeness (QED) is 0.745. The highest BCUT2D eigenvalue weighted by Crippen LogP contribution is 2.48. The van der Waals surface area contributed by atoms with Crippen molar-refractivity contribution in [3.05, 3.63) is 33.1 Å². The number of ether oxygens (including phenoxy) is 3. The van der Waals surface area contributed by atoms with Crippen molar-refractivity contribution in [3.63, 3.8) is 0 Å². The van der Waals surface area contributed by atoms with Gasteiger partial charge in [0.1, 0.15) is 12.7 Å². The van der Waals surface area contributed by atoms with Crippen molar-refractivity contribution in [3.8, 4) is 0 Å². The molecule has 0 bridgehead atoms. The first-order valence-corrected chi connectivity index (χ1v) is 6.40. The van der Waals surface area contributed by atoms with E-state index in [0.717, 1.165) is 10.6 Å². The van der Waals surface area contributed by atoms with Gasteiger partial charge in [-0.25, -0.2) is 9.18 Å². The summed E-state index contributed by atoms with van der Waals surface area (Å²) in [5.74, 6) is -3.56. The predicted molar refractivity (Wildman–Crippen MR) is 66.2 cm³/mol. The number of H-pyrrole nitrogens is 1. The molecule has 2 aliphatic heterocycles. The summed E-state index contributed by atoms with van der Waals surface area (Å²) >= 11 is 0. The van der Waals surface area contributed by atoms with Gasteiger partial charge in [-0.05, 0) is 13.8 Å². The van der Waals surface area contributed by atoms with Gasteiger partial charge >= 0.3 is 5.69 Å². The maximum Gasteiger partial charge on any atom is 0.330 e.